The van der Waals surface area contributed by atoms with Gasteiger partial charge in [0.1, 0.15) is 0 Å². The average Bonchev–Trinajstić information content (AvgIpc) is 2.59. The molecule has 0 radical (unpaired) electrons. The predicted molar refractivity (Wildman–Crippen MR) is 87.8 cm³/mol. The first-order chi connectivity index (χ1) is 11.2. The smallest absolute Gasteiger partial charge is 0.315 e. The maximum Gasteiger partial charge on any atom is 0.315 e. The maximum atomic E-state index is 11.9. The third-order valence-electron chi connectivity index (χ3n) is 4.27. The van der Waals surface area contributed by atoms with Gasteiger partial charge in [0.2, 0.25) is 0 Å². The molecule has 5 nitrogen and oxygen atoms in total. The summed E-state index contributed by atoms with van der Waals surface area (Å²) in [6, 6.07) is 13.2. The van der Waals surface area contributed by atoms with Crippen molar-refractivity contribution in [1.82, 2.24) is 4.90 Å². The van der Waals surface area contributed by atoms with Crippen molar-refractivity contribution in [3.8, 4) is 11.5 Å². The summed E-state index contributed by atoms with van der Waals surface area (Å²) >= 11 is 0. The highest BCUT2D eigenvalue weighted by molar-refractivity contribution is 5.74. The van der Waals surface area contributed by atoms with E-state index in [9.17, 15) is 4.79 Å². The van der Waals surface area contributed by atoms with Crippen LogP contribution < -0.4 is 15.2 Å². The third-order valence-corrected chi connectivity index (χ3v) is 4.27. The highest BCUT2D eigenvalue weighted by Gasteiger charge is 2.32. The molecule has 2 aromatic rings. The van der Waals surface area contributed by atoms with E-state index in [4.69, 9.17) is 15.2 Å². The van der Waals surface area contributed by atoms with Crippen LogP contribution in [0.5, 0.6) is 11.5 Å². The van der Waals surface area contributed by atoms with Gasteiger partial charge in [0, 0.05) is 6.54 Å². The number of rotatable bonds is 3. The highest BCUT2D eigenvalue weighted by Crippen LogP contribution is 2.40. The van der Waals surface area contributed by atoms with Crippen molar-refractivity contribution in [3.05, 3.63) is 59.2 Å². The molecule has 1 unspecified atom stereocenters. The van der Waals surface area contributed by atoms with E-state index in [-0.39, 0.29) is 6.04 Å². The molecule has 0 saturated carbocycles. The van der Waals surface area contributed by atoms with E-state index in [0.717, 1.165) is 23.1 Å². The minimum Gasteiger partial charge on any atom is -0.493 e. The fourth-order valence-corrected chi connectivity index (χ4v) is 3.18. The molecule has 0 bridgehead atoms. The first-order valence-electron chi connectivity index (χ1n) is 7.51. The zero-order chi connectivity index (χ0) is 16.4. The lowest BCUT2D eigenvalue weighted by Gasteiger charge is -2.37. The van der Waals surface area contributed by atoms with E-state index in [1.54, 1.807) is 19.1 Å². The molecular formula is C18H20N2O3. The van der Waals surface area contributed by atoms with Gasteiger partial charge >= 0.3 is 6.03 Å². The van der Waals surface area contributed by atoms with Crippen LogP contribution in [0.25, 0.3) is 0 Å². The molecule has 2 amide bonds. The lowest BCUT2D eigenvalue weighted by molar-refractivity contribution is 0.189. The molecule has 2 N–H and O–H groups in total. The van der Waals surface area contributed by atoms with Crippen molar-refractivity contribution in [2.45, 2.75) is 12.5 Å². The summed E-state index contributed by atoms with van der Waals surface area (Å²) in [5.74, 6) is 1.35. The molecule has 2 aromatic carbocycles. The fraction of sp³-hybridized carbons (Fsp3) is 0.278. The summed E-state index contributed by atoms with van der Waals surface area (Å²) in [6.45, 7) is 0.581. The number of hydrogen-bond donors (Lipinski definition) is 1. The van der Waals surface area contributed by atoms with Crippen LogP contribution in [-0.2, 0) is 6.42 Å². The number of hydrogen-bond acceptors (Lipinski definition) is 3. The van der Waals surface area contributed by atoms with Gasteiger partial charge < -0.3 is 20.1 Å². The minimum atomic E-state index is -0.417. The number of nitrogens with two attached hydrogens (primary N) is 1. The van der Waals surface area contributed by atoms with Gasteiger partial charge in [0.15, 0.2) is 11.5 Å². The maximum absolute atomic E-state index is 11.9. The quantitative estimate of drug-likeness (QED) is 0.947. The standard InChI is InChI=1S/C18H20N2O3/c1-22-15-10-13-8-9-20(18(19)21)17(12-6-4-3-5-7-12)14(13)11-16(15)23-2/h3-7,10-11,17H,8-9H2,1-2H3,(H2,19,21). The van der Waals surface area contributed by atoms with Crippen molar-refractivity contribution < 1.29 is 14.3 Å². The Hall–Kier alpha value is -2.69. The molecule has 3 rings (SSSR count). The Balaban J connectivity index is 2.17. The van der Waals surface area contributed by atoms with Crippen molar-refractivity contribution >= 4 is 6.03 Å². The number of methoxy groups -OCH3 is 2. The summed E-state index contributed by atoms with van der Waals surface area (Å²) < 4.78 is 10.8. The van der Waals surface area contributed by atoms with Gasteiger partial charge in [-0.05, 0) is 35.2 Å². The van der Waals surface area contributed by atoms with Gasteiger partial charge in [-0.1, -0.05) is 30.3 Å². The van der Waals surface area contributed by atoms with Crippen molar-refractivity contribution in [1.29, 1.82) is 0 Å². The molecule has 120 valence electrons. The monoisotopic (exact) mass is 312 g/mol. The number of nitrogens with zero attached hydrogens (tertiary/aromatic N) is 1. The topological polar surface area (TPSA) is 64.8 Å². The summed E-state index contributed by atoms with van der Waals surface area (Å²) in [7, 11) is 3.23. The average molecular weight is 312 g/mol. The fourth-order valence-electron chi connectivity index (χ4n) is 3.18. The van der Waals surface area contributed by atoms with Gasteiger partial charge in [-0.2, -0.15) is 0 Å². The molecule has 23 heavy (non-hydrogen) atoms. The molecule has 0 aliphatic carbocycles. The molecule has 1 atom stereocenters. The van der Waals surface area contributed by atoms with Gasteiger partial charge in [0.25, 0.3) is 0 Å². The van der Waals surface area contributed by atoms with Crippen LogP contribution in [0.4, 0.5) is 4.79 Å². The number of benzene rings is 2. The van der Waals surface area contributed by atoms with Gasteiger partial charge in [0.05, 0.1) is 20.3 Å². The van der Waals surface area contributed by atoms with Crippen LogP contribution in [0, 0.1) is 0 Å². The Bertz CT molecular complexity index is 716. The van der Waals surface area contributed by atoms with Crippen LogP contribution in [0.15, 0.2) is 42.5 Å². The molecule has 1 aliphatic rings. The summed E-state index contributed by atoms with van der Waals surface area (Å²) in [5, 5.41) is 0. The number of amides is 2. The van der Waals surface area contributed by atoms with Gasteiger partial charge in [-0.15, -0.1) is 0 Å². The van der Waals surface area contributed by atoms with E-state index >= 15 is 0 Å². The molecule has 0 aromatic heterocycles. The highest BCUT2D eigenvalue weighted by atomic mass is 16.5. The van der Waals surface area contributed by atoms with E-state index in [1.807, 2.05) is 42.5 Å². The van der Waals surface area contributed by atoms with Crippen molar-refractivity contribution in [2.75, 3.05) is 20.8 Å². The third kappa shape index (κ3) is 2.70. The summed E-state index contributed by atoms with van der Waals surface area (Å²) in [4.78, 5) is 13.6. The van der Waals surface area contributed by atoms with Crippen molar-refractivity contribution in [3.63, 3.8) is 0 Å². The number of ether oxygens (including phenoxy) is 2. The second kappa shape index (κ2) is 6.20. The van der Waals surface area contributed by atoms with E-state index in [1.165, 1.54) is 0 Å². The molecule has 5 heteroatoms. The molecule has 0 spiro atoms. The second-order valence-electron chi connectivity index (χ2n) is 5.50. The Morgan fingerprint density at radius 2 is 1.78 bits per heavy atom. The molecule has 1 heterocycles. The van der Waals surface area contributed by atoms with Crippen LogP contribution in [-0.4, -0.2) is 31.7 Å². The SMILES string of the molecule is COc1cc2c(cc1OC)C(c1ccccc1)N(C(N)=O)CC2. The van der Waals surface area contributed by atoms with Crippen LogP contribution >= 0.6 is 0 Å². The zero-order valence-electron chi connectivity index (χ0n) is 13.3. The largest absolute Gasteiger partial charge is 0.493 e. The van der Waals surface area contributed by atoms with Gasteiger partial charge in [-0.3, -0.25) is 0 Å². The number of primary amides is 1. The normalized spacial score (nSPS) is 16.6. The number of urea groups is 1. The van der Waals surface area contributed by atoms with Crippen LogP contribution in [0.2, 0.25) is 0 Å². The Labute approximate surface area is 135 Å². The number of carbonyl (C=O) groups is 1. The Morgan fingerprint density at radius 3 is 2.39 bits per heavy atom. The first kappa shape index (κ1) is 15.2. The Kier molecular flexibility index (Phi) is 4.10. The van der Waals surface area contributed by atoms with Crippen molar-refractivity contribution in [2.24, 2.45) is 5.73 Å². The minimum absolute atomic E-state index is 0.211. The summed E-state index contributed by atoms with van der Waals surface area (Å²) in [6.07, 6.45) is 0.738. The lowest BCUT2D eigenvalue weighted by atomic mass is 9.88. The number of carbonyl (C=O) groups excluding carboxylic acids is 1. The molecule has 0 fully saturated rings. The first-order valence-corrected chi connectivity index (χ1v) is 7.51. The lowest BCUT2D eigenvalue weighted by Crippen LogP contribution is -2.43. The van der Waals surface area contributed by atoms with Gasteiger partial charge in [-0.25, -0.2) is 4.79 Å². The zero-order valence-corrected chi connectivity index (χ0v) is 13.3. The van der Waals surface area contributed by atoms with E-state index < -0.39 is 6.03 Å². The second-order valence-corrected chi connectivity index (χ2v) is 5.50. The Morgan fingerprint density at radius 1 is 1.13 bits per heavy atom. The van der Waals surface area contributed by atoms with Crippen LogP contribution in [0.1, 0.15) is 22.7 Å². The number of fused-ring (bicyclic) bond motifs is 1. The molecular weight excluding hydrogens is 292 g/mol. The molecule has 1 aliphatic heterocycles. The van der Waals surface area contributed by atoms with E-state index in [0.29, 0.717) is 18.0 Å². The van der Waals surface area contributed by atoms with Crippen LogP contribution in [0.3, 0.4) is 0 Å². The predicted octanol–water partition coefficient (Wildman–Crippen LogP) is 2.73. The summed E-state index contributed by atoms with van der Waals surface area (Å²) in [5.41, 5.74) is 8.81. The van der Waals surface area contributed by atoms with E-state index in [2.05, 4.69) is 0 Å². The molecule has 0 saturated heterocycles.